The monoisotopic (exact) mass is 521 g/mol. The summed E-state index contributed by atoms with van der Waals surface area (Å²) in [5.74, 6) is 3.85. The largest absolute Gasteiger partial charge is 0.417 e. The number of carbonyl (C=O) groups excluding carboxylic acids is 2. The summed E-state index contributed by atoms with van der Waals surface area (Å²) in [4.78, 5) is 25.8. The lowest BCUT2D eigenvalue weighted by Crippen LogP contribution is -2.38. The molecule has 37 heavy (non-hydrogen) atoms. The van der Waals surface area contributed by atoms with Crippen LogP contribution in [0.15, 0.2) is 66.9 Å². The lowest BCUT2D eigenvalue weighted by atomic mass is 10.0. The third-order valence-electron chi connectivity index (χ3n) is 5.50. The quantitative estimate of drug-likeness (QED) is 0.148. The number of anilines is 1. The van der Waals surface area contributed by atoms with Crippen molar-refractivity contribution in [1.29, 1.82) is 0 Å². The van der Waals surface area contributed by atoms with Crippen molar-refractivity contribution in [2.75, 3.05) is 5.01 Å². The number of hydrogen-bond donors (Lipinski definition) is 3. The zero-order chi connectivity index (χ0) is 27.0. The minimum absolute atomic E-state index is 0.137. The maximum atomic E-state index is 13.4. The molecule has 0 saturated carbocycles. The summed E-state index contributed by atoms with van der Waals surface area (Å²) < 4.78 is 80.0. The second-order valence-electron chi connectivity index (χ2n) is 7.88. The molecule has 1 aromatic heterocycles. The predicted molar refractivity (Wildman–Crippen MR) is 121 cm³/mol. The molecule has 2 amide bonds. The zero-order valence-corrected chi connectivity index (χ0v) is 18.6. The number of halogens is 6. The third kappa shape index (κ3) is 5.26. The highest BCUT2D eigenvalue weighted by atomic mass is 19.4. The highest BCUT2D eigenvalue weighted by Gasteiger charge is 2.36. The van der Waals surface area contributed by atoms with Crippen molar-refractivity contribution in [1.82, 2.24) is 15.5 Å². The predicted octanol–water partition coefficient (Wildman–Crippen LogP) is 5.05. The molecule has 0 unspecified atom stereocenters. The zero-order valence-electron chi connectivity index (χ0n) is 18.6. The van der Waals surface area contributed by atoms with Gasteiger partial charge < -0.3 is 5.32 Å². The minimum atomic E-state index is -4.82. The fourth-order valence-corrected chi connectivity index (χ4v) is 3.75. The Hall–Kier alpha value is -4.39. The van der Waals surface area contributed by atoms with Crippen molar-refractivity contribution in [3.05, 3.63) is 94.7 Å². The average Bonchev–Trinajstić information content (AvgIpc) is 3.33. The van der Waals surface area contributed by atoms with Gasteiger partial charge in [0.1, 0.15) is 0 Å². The number of carbonyl (C=O) groups is 2. The second kappa shape index (κ2) is 9.58. The Kier molecular flexibility index (Phi) is 6.65. The van der Waals surface area contributed by atoms with Gasteiger partial charge in [0.15, 0.2) is 0 Å². The molecule has 0 spiro atoms. The molecule has 0 aliphatic heterocycles. The number of nitrogens with zero attached hydrogens (tertiary/aromatic N) is 2. The molecule has 0 atom stereocenters. The number of aromatic nitrogens is 2. The van der Waals surface area contributed by atoms with Crippen LogP contribution in [-0.2, 0) is 18.9 Å². The van der Waals surface area contributed by atoms with Crippen LogP contribution in [-0.4, -0.2) is 22.0 Å². The third-order valence-corrected chi connectivity index (χ3v) is 5.50. The van der Waals surface area contributed by atoms with E-state index in [0.29, 0.717) is 5.01 Å². The number of nitrogens with one attached hydrogen (secondary N) is 2. The Morgan fingerprint density at radius 3 is 2.19 bits per heavy atom. The van der Waals surface area contributed by atoms with Gasteiger partial charge >= 0.3 is 12.4 Å². The van der Waals surface area contributed by atoms with Crippen LogP contribution in [0.3, 0.4) is 0 Å². The van der Waals surface area contributed by atoms with E-state index in [1.807, 2.05) is 0 Å². The van der Waals surface area contributed by atoms with Crippen molar-refractivity contribution in [2.24, 2.45) is 5.84 Å². The van der Waals surface area contributed by atoms with Crippen LogP contribution < -0.4 is 16.2 Å². The maximum Gasteiger partial charge on any atom is 0.417 e. The Labute approximate surface area is 204 Å². The molecular weight excluding hydrogens is 504 g/mol. The number of nitrogens with two attached hydrogens (primary N) is 1. The number of rotatable bonds is 5. The van der Waals surface area contributed by atoms with Crippen molar-refractivity contribution < 1.29 is 35.9 Å². The van der Waals surface area contributed by atoms with Crippen LogP contribution in [0.4, 0.5) is 32.0 Å². The molecule has 0 radical (unpaired) electrons. The van der Waals surface area contributed by atoms with E-state index in [2.05, 4.69) is 15.5 Å². The van der Waals surface area contributed by atoms with Crippen molar-refractivity contribution in [3.63, 3.8) is 0 Å². The molecule has 1 heterocycles. The Morgan fingerprint density at radius 1 is 0.892 bits per heavy atom. The van der Waals surface area contributed by atoms with Gasteiger partial charge in [-0.25, -0.2) is 10.9 Å². The molecule has 13 heteroatoms. The highest BCUT2D eigenvalue weighted by molar-refractivity contribution is 6.11. The summed E-state index contributed by atoms with van der Waals surface area (Å²) in [6.07, 6.45) is -8.17. The van der Waals surface area contributed by atoms with Gasteiger partial charge in [0.2, 0.25) is 0 Å². The average molecular weight is 521 g/mol. The van der Waals surface area contributed by atoms with E-state index in [-0.39, 0.29) is 27.7 Å². The van der Waals surface area contributed by atoms with Crippen LogP contribution >= 0.6 is 0 Å². The van der Waals surface area contributed by atoms with E-state index in [0.717, 1.165) is 30.3 Å². The molecule has 0 aliphatic carbocycles. The first-order chi connectivity index (χ1) is 17.4. The van der Waals surface area contributed by atoms with Crippen molar-refractivity contribution in [2.45, 2.75) is 18.9 Å². The molecule has 3 aromatic carbocycles. The summed E-state index contributed by atoms with van der Waals surface area (Å²) >= 11 is 0. The van der Waals surface area contributed by atoms with Gasteiger partial charge in [0.05, 0.1) is 39.7 Å². The van der Waals surface area contributed by atoms with E-state index >= 15 is 0 Å². The van der Waals surface area contributed by atoms with Crippen molar-refractivity contribution >= 4 is 28.4 Å². The van der Waals surface area contributed by atoms with Gasteiger partial charge in [-0.3, -0.25) is 14.7 Å². The summed E-state index contributed by atoms with van der Waals surface area (Å²) in [6.45, 7) is -0.474. The number of alkyl halides is 6. The molecule has 0 saturated heterocycles. The molecule has 0 fully saturated rings. The number of hydrogen-bond acceptors (Lipinski definition) is 4. The van der Waals surface area contributed by atoms with Crippen LogP contribution in [0.1, 0.15) is 37.4 Å². The fraction of sp³-hybridized carbons (Fsp3) is 0.125. The highest BCUT2D eigenvalue weighted by Crippen LogP contribution is 2.34. The summed E-state index contributed by atoms with van der Waals surface area (Å²) in [7, 11) is 0. The number of fused-ring (bicyclic) bond motifs is 1. The first-order valence-corrected chi connectivity index (χ1v) is 10.5. The van der Waals surface area contributed by atoms with E-state index in [1.165, 1.54) is 36.5 Å². The molecule has 4 aromatic rings. The Morgan fingerprint density at radius 2 is 1.51 bits per heavy atom. The Bertz CT molecular complexity index is 1480. The molecule has 4 N–H and O–H groups in total. The van der Waals surface area contributed by atoms with Crippen LogP contribution in [0, 0.1) is 0 Å². The van der Waals surface area contributed by atoms with E-state index in [9.17, 15) is 35.9 Å². The summed E-state index contributed by atoms with van der Waals surface area (Å²) in [6, 6.07) is 11.2. The lowest BCUT2D eigenvalue weighted by Gasteiger charge is -2.20. The molecular formula is C24H17F6N5O2. The van der Waals surface area contributed by atoms with Crippen molar-refractivity contribution in [3.8, 4) is 0 Å². The van der Waals surface area contributed by atoms with Gasteiger partial charge in [-0.15, -0.1) is 0 Å². The van der Waals surface area contributed by atoms with Gasteiger partial charge in [-0.2, -0.15) is 31.4 Å². The second-order valence-corrected chi connectivity index (χ2v) is 7.88. The van der Waals surface area contributed by atoms with Gasteiger partial charge in [-0.1, -0.05) is 30.3 Å². The SMILES string of the molecule is NN(C(=O)c1ccccc1C(F)(F)F)c1cc(C(=O)NCc2ccccc2C(F)(F)F)c2[nH]ncc2c1. The number of benzene rings is 3. The first-order valence-electron chi connectivity index (χ1n) is 10.5. The lowest BCUT2D eigenvalue weighted by molar-refractivity contribution is -0.138. The van der Waals surface area contributed by atoms with Gasteiger partial charge in [-0.05, 0) is 35.9 Å². The van der Waals surface area contributed by atoms with Gasteiger partial charge in [0, 0.05) is 11.9 Å². The number of H-pyrrole nitrogens is 1. The van der Waals surface area contributed by atoms with Crippen LogP contribution in [0.5, 0.6) is 0 Å². The molecule has 0 bridgehead atoms. The standard InChI is InChI=1S/C24H17F6N5O2/c25-23(26,27)18-7-3-1-5-13(18)11-32-21(36)17-10-15(9-14-12-33-34-20(14)17)35(31)22(37)16-6-2-4-8-19(16)24(28,29)30/h1-10,12H,11,31H2,(H,32,36)(H,33,34). The summed E-state index contributed by atoms with van der Waals surface area (Å²) in [5.41, 5.74) is -3.10. The van der Waals surface area contributed by atoms with E-state index in [4.69, 9.17) is 5.84 Å². The minimum Gasteiger partial charge on any atom is -0.348 e. The topological polar surface area (TPSA) is 104 Å². The smallest absolute Gasteiger partial charge is 0.348 e. The number of amides is 2. The maximum absolute atomic E-state index is 13.4. The fourth-order valence-electron chi connectivity index (χ4n) is 3.75. The molecule has 7 nitrogen and oxygen atoms in total. The normalized spacial score (nSPS) is 12.0. The van der Waals surface area contributed by atoms with Crippen LogP contribution in [0.25, 0.3) is 10.9 Å². The molecule has 0 aliphatic rings. The van der Waals surface area contributed by atoms with Crippen LogP contribution in [0.2, 0.25) is 0 Å². The first kappa shape index (κ1) is 25.7. The number of hydrazine groups is 1. The van der Waals surface area contributed by atoms with E-state index in [1.54, 1.807) is 0 Å². The summed E-state index contributed by atoms with van der Waals surface area (Å²) in [5, 5.41) is 9.51. The van der Waals surface area contributed by atoms with Gasteiger partial charge in [0.25, 0.3) is 11.8 Å². The molecule has 4 rings (SSSR count). The van der Waals surface area contributed by atoms with E-state index < -0.39 is 47.4 Å². The molecule has 192 valence electrons. The Balaban J connectivity index is 1.66. The number of aromatic amines is 1.